The van der Waals surface area contributed by atoms with Crippen molar-refractivity contribution >= 4 is 0 Å². The molecular formula is C16H32N2. The van der Waals surface area contributed by atoms with E-state index in [-0.39, 0.29) is 0 Å². The zero-order valence-electron chi connectivity index (χ0n) is 12.5. The number of nitrogens with zero attached hydrogens (tertiary/aromatic N) is 1. The zero-order valence-corrected chi connectivity index (χ0v) is 12.5. The second-order valence-corrected chi connectivity index (χ2v) is 6.36. The molecular weight excluding hydrogens is 220 g/mol. The molecule has 0 aliphatic heterocycles. The van der Waals surface area contributed by atoms with Crippen LogP contribution in [0.2, 0.25) is 0 Å². The molecule has 2 heteroatoms. The lowest BCUT2D eigenvalue weighted by atomic mass is 9.85. The fraction of sp³-hybridized carbons (Fsp3) is 1.00. The van der Waals surface area contributed by atoms with Gasteiger partial charge in [-0.3, -0.25) is 0 Å². The summed E-state index contributed by atoms with van der Waals surface area (Å²) in [7, 11) is 0. The topological polar surface area (TPSA) is 15.3 Å². The predicted octanol–water partition coefficient (Wildman–Crippen LogP) is 3.28. The molecule has 106 valence electrons. The largest absolute Gasteiger partial charge is 0.313 e. The summed E-state index contributed by atoms with van der Waals surface area (Å²) >= 11 is 0. The Morgan fingerprint density at radius 2 is 1.78 bits per heavy atom. The minimum atomic E-state index is 0.748. The quantitative estimate of drug-likeness (QED) is 0.713. The van der Waals surface area contributed by atoms with Crippen LogP contribution in [0.15, 0.2) is 0 Å². The molecule has 0 saturated heterocycles. The smallest absolute Gasteiger partial charge is 0.0223 e. The average Bonchev–Trinajstić information content (AvgIpc) is 2.84. The summed E-state index contributed by atoms with van der Waals surface area (Å²) in [6.45, 7) is 9.57. The van der Waals surface area contributed by atoms with E-state index in [1.807, 2.05) is 0 Å². The monoisotopic (exact) mass is 252 g/mol. The number of hydrogen-bond donors (Lipinski definition) is 1. The van der Waals surface area contributed by atoms with Gasteiger partial charge < -0.3 is 10.2 Å². The maximum Gasteiger partial charge on any atom is 0.0223 e. The molecule has 2 fully saturated rings. The van der Waals surface area contributed by atoms with Gasteiger partial charge in [0, 0.05) is 19.1 Å². The molecule has 2 rings (SSSR count). The molecule has 1 atom stereocenters. The number of hydrogen-bond acceptors (Lipinski definition) is 2. The Kier molecular flexibility index (Phi) is 5.97. The normalized spacial score (nSPS) is 23.5. The lowest BCUT2D eigenvalue weighted by Gasteiger charge is -2.35. The standard InChI is InChI=1S/C16H32N2/c1-3-17-16(15-10-5-6-11-15)13-18(4-2)12-14-8-7-9-14/h14-17H,3-13H2,1-2H3. The molecule has 0 aromatic rings. The van der Waals surface area contributed by atoms with Crippen molar-refractivity contribution in [2.45, 2.75) is 64.8 Å². The molecule has 18 heavy (non-hydrogen) atoms. The highest BCUT2D eigenvalue weighted by Crippen LogP contribution is 2.30. The van der Waals surface area contributed by atoms with Gasteiger partial charge in [-0.25, -0.2) is 0 Å². The molecule has 0 heterocycles. The minimum Gasteiger partial charge on any atom is -0.313 e. The van der Waals surface area contributed by atoms with Gasteiger partial charge in [-0.1, -0.05) is 33.1 Å². The zero-order chi connectivity index (χ0) is 12.8. The Bertz CT molecular complexity index is 219. The van der Waals surface area contributed by atoms with Crippen LogP contribution in [-0.4, -0.2) is 37.1 Å². The van der Waals surface area contributed by atoms with Gasteiger partial charge in [-0.2, -0.15) is 0 Å². The van der Waals surface area contributed by atoms with E-state index in [1.54, 1.807) is 0 Å². The SMILES string of the molecule is CCNC(CN(CC)CC1CCC1)C1CCCC1. The van der Waals surface area contributed by atoms with Crippen LogP contribution in [0.25, 0.3) is 0 Å². The first-order chi connectivity index (χ1) is 8.83. The highest BCUT2D eigenvalue weighted by Gasteiger charge is 2.27. The third-order valence-corrected chi connectivity index (χ3v) is 5.08. The maximum absolute atomic E-state index is 3.76. The van der Waals surface area contributed by atoms with Gasteiger partial charge >= 0.3 is 0 Å². The van der Waals surface area contributed by atoms with E-state index in [4.69, 9.17) is 0 Å². The van der Waals surface area contributed by atoms with Crippen LogP contribution in [0.3, 0.4) is 0 Å². The molecule has 1 unspecified atom stereocenters. The first-order valence-electron chi connectivity index (χ1n) is 8.29. The van der Waals surface area contributed by atoms with E-state index < -0.39 is 0 Å². The Labute approximate surface area is 114 Å². The highest BCUT2D eigenvalue weighted by molar-refractivity contribution is 4.84. The molecule has 0 aromatic carbocycles. The second-order valence-electron chi connectivity index (χ2n) is 6.36. The number of nitrogens with one attached hydrogen (secondary N) is 1. The first kappa shape index (κ1) is 14.3. The van der Waals surface area contributed by atoms with Crippen molar-refractivity contribution in [3.05, 3.63) is 0 Å². The Hall–Kier alpha value is -0.0800. The average molecular weight is 252 g/mol. The molecule has 0 bridgehead atoms. The Morgan fingerprint density at radius 3 is 2.28 bits per heavy atom. The van der Waals surface area contributed by atoms with Crippen LogP contribution in [0.1, 0.15) is 58.8 Å². The lowest BCUT2D eigenvalue weighted by Crippen LogP contribution is -2.46. The van der Waals surface area contributed by atoms with Crippen molar-refractivity contribution in [1.29, 1.82) is 0 Å². The van der Waals surface area contributed by atoms with Crippen molar-refractivity contribution in [3.63, 3.8) is 0 Å². The number of rotatable bonds is 8. The van der Waals surface area contributed by atoms with E-state index in [0.717, 1.165) is 24.4 Å². The van der Waals surface area contributed by atoms with E-state index in [0.29, 0.717) is 0 Å². The van der Waals surface area contributed by atoms with Gasteiger partial charge in [0.05, 0.1) is 0 Å². The van der Waals surface area contributed by atoms with Crippen molar-refractivity contribution in [2.24, 2.45) is 11.8 Å². The van der Waals surface area contributed by atoms with Crippen LogP contribution in [-0.2, 0) is 0 Å². The van der Waals surface area contributed by atoms with Gasteiger partial charge in [0.2, 0.25) is 0 Å². The van der Waals surface area contributed by atoms with Crippen LogP contribution in [0.5, 0.6) is 0 Å². The van der Waals surface area contributed by atoms with Crippen LogP contribution < -0.4 is 5.32 Å². The highest BCUT2D eigenvalue weighted by atomic mass is 15.1. The molecule has 2 aliphatic carbocycles. The van der Waals surface area contributed by atoms with Crippen molar-refractivity contribution < 1.29 is 0 Å². The third kappa shape index (κ3) is 3.96. The summed E-state index contributed by atoms with van der Waals surface area (Å²) in [6.07, 6.45) is 10.3. The van der Waals surface area contributed by atoms with Crippen LogP contribution in [0.4, 0.5) is 0 Å². The molecule has 0 aromatic heterocycles. The second kappa shape index (κ2) is 7.49. The Morgan fingerprint density at radius 1 is 1.06 bits per heavy atom. The summed E-state index contributed by atoms with van der Waals surface area (Å²) in [5.74, 6) is 1.95. The van der Waals surface area contributed by atoms with E-state index in [9.17, 15) is 0 Å². The van der Waals surface area contributed by atoms with Gasteiger partial charge in [0.1, 0.15) is 0 Å². The van der Waals surface area contributed by atoms with Gasteiger partial charge in [0.15, 0.2) is 0 Å². The van der Waals surface area contributed by atoms with E-state index in [2.05, 4.69) is 24.1 Å². The first-order valence-corrected chi connectivity index (χ1v) is 8.29. The van der Waals surface area contributed by atoms with Gasteiger partial charge in [-0.15, -0.1) is 0 Å². The van der Waals surface area contributed by atoms with Crippen molar-refractivity contribution in [3.8, 4) is 0 Å². The van der Waals surface area contributed by atoms with Crippen molar-refractivity contribution in [1.82, 2.24) is 10.2 Å². The van der Waals surface area contributed by atoms with Crippen LogP contribution in [0, 0.1) is 11.8 Å². The maximum atomic E-state index is 3.76. The molecule has 1 N–H and O–H groups in total. The summed E-state index contributed by atoms with van der Waals surface area (Å²) in [6, 6.07) is 0.748. The van der Waals surface area contributed by atoms with Gasteiger partial charge in [-0.05, 0) is 50.6 Å². The molecule has 2 nitrogen and oxygen atoms in total. The van der Waals surface area contributed by atoms with Crippen LogP contribution >= 0.6 is 0 Å². The summed E-state index contributed by atoms with van der Waals surface area (Å²) in [5, 5.41) is 3.76. The molecule has 0 amide bonds. The fourth-order valence-corrected chi connectivity index (χ4v) is 3.65. The van der Waals surface area contributed by atoms with E-state index in [1.165, 1.54) is 64.6 Å². The minimum absolute atomic E-state index is 0.748. The third-order valence-electron chi connectivity index (χ3n) is 5.08. The fourth-order valence-electron chi connectivity index (χ4n) is 3.65. The lowest BCUT2D eigenvalue weighted by molar-refractivity contribution is 0.156. The molecule has 0 radical (unpaired) electrons. The molecule has 2 aliphatic rings. The predicted molar refractivity (Wildman–Crippen MR) is 78.9 cm³/mol. The van der Waals surface area contributed by atoms with Gasteiger partial charge in [0.25, 0.3) is 0 Å². The van der Waals surface area contributed by atoms with E-state index >= 15 is 0 Å². The van der Waals surface area contributed by atoms with Crippen molar-refractivity contribution in [2.75, 3.05) is 26.2 Å². The summed E-state index contributed by atoms with van der Waals surface area (Å²) in [5.41, 5.74) is 0. The summed E-state index contributed by atoms with van der Waals surface area (Å²) < 4.78 is 0. The Balaban J connectivity index is 1.80. The molecule has 2 saturated carbocycles. The molecule has 0 spiro atoms. The number of likely N-dealkylation sites (N-methyl/N-ethyl adjacent to an activating group) is 2. The summed E-state index contributed by atoms with van der Waals surface area (Å²) in [4.78, 5) is 2.70.